The van der Waals surface area contributed by atoms with Gasteiger partial charge in [0.25, 0.3) is 0 Å². The number of nitrogens with one attached hydrogen (secondary N) is 1. The molecule has 2 N–H and O–H groups in total. The van der Waals surface area contributed by atoms with Gasteiger partial charge < -0.3 is 19.7 Å². The van der Waals surface area contributed by atoms with Crippen molar-refractivity contribution in [1.29, 1.82) is 0 Å². The minimum Gasteiger partial charge on any atom is -0.506 e. The number of phenols is 1. The van der Waals surface area contributed by atoms with Crippen LogP contribution in [0.2, 0.25) is 5.02 Å². The van der Waals surface area contributed by atoms with Crippen molar-refractivity contribution >= 4 is 35.0 Å². The van der Waals surface area contributed by atoms with Crippen LogP contribution in [0, 0.1) is 13.8 Å². The number of ether oxygens (including phenoxy) is 1. The smallest absolute Gasteiger partial charge is 0.234 e. The van der Waals surface area contributed by atoms with Gasteiger partial charge in [-0.3, -0.25) is 4.79 Å². The molecule has 0 bridgehead atoms. The van der Waals surface area contributed by atoms with Crippen molar-refractivity contribution < 1.29 is 14.6 Å². The maximum atomic E-state index is 12.3. The molecule has 1 heterocycles. The van der Waals surface area contributed by atoms with E-state index in [9.17, 15) is 9.90 Å². The Kier molecular flexibility index (Phi) is 7.23. The molecule has 0 aliphatic heterocycles. The number of halogens is 1. The number of anilines is 1. The molecule has 9 heteroatoms. The second-order valence-corrected chi connectivity index (χ2v) is 8.08. The molecule has 0 saturated heterocycles. The quantitative estimate of drug-likeness (QED) is 0.388. The topological polar surface area (TPSA) is 89.3 Å². The molecule has 3 rings (SSSR count). The second-order valence-electron chi connectivity index (χ2n) is 6.70. The van der Waals surface area contributed by atoms with E-state index >= 15 is 0 Å². The first-order valence-electron chi connectivity index (χ1n) is 9.40. The molecule has 158 valence electrons. The van der Waals surface area contributed by atoms with Crippen LogP contribution in [0.15, 0.2) is 41.6 Å². The summed E-state index contributed by atoms with van der Waals surface area (Å²) in [7, 11) is 0. The van der Waals surface area contributed by atoms with Crippen molar-refractivity contribution in [1.82, 2.24) is 14.8 Å². The third kappa shape index (κ3) is 5.46. The number of hydrogen-bond donors (Lipinski definition) is 2. The van der Waals surface area contributed by atoms with Crippen LogP contribution in [0.5, 0.6) is 11.5 Å². The van der Waals surface area contributed by atoms with Crippen LogP contribution in [0.1, 0.15) is 23.9 Å². The molecule has 0 aliphatic rings. The van der Waals surface area contributed by atoms with Gasteiger partial charge in [-0.2, -0.15) is 0 Å². The summed E-state index contributed by atoms with van der Waals surface area (Å²) in [4.78, 5) is 12.3. The van der Waals surface area contributed by atoms with Crippen LogP contribution in [0.4, 0.5) is 5.69 Å². The molecular weight excluding hydrogens is 424 g/mol. The zero-order valence-electron chi connectivity index (χ0n) is 17.0. The first-order valence-corrected chi connectivity index (χ1v) is 10.8. The molecule has 0 fully saturated rings. The van der Waals surface area contributed by atoms with Gasteiger partial charge in [-0.15, -0.1) is 10.2 Å². The van der Waals surface area contributed by atoms with Crippen LogP contribution in [-0.4, -0.2) is 31.5 Å². The number of carbonyl (C=O) groups is 1. The van der Waals surface area contributed by atoms with E-state index in [2.05, 4.69) is 15.5 Å². The lowest BCUT2D eigenvalue weighted by Gasteiger charge is -2.11. The van der Waals surface area contributed by atoms with Gasteiger partial charge in [-0.1, -0.05) is 35.5 Å². The van der Waals surface area contributed by atoms with E-state index in [4.69, 9.17) is 16.3 Å². The highest BCUT2D eigenvalue weighted by atomic mass is 35.5. The minimum absolute atomic E-state index is 0.0413. The molecule has 0 unspecified atom stereocenters. The van der Waals surface area contributed by atoms with Gasteiger partial charge in [0.2, 0.25) is 5.91 Å². The van der Waals surface area contributed by atoms with Gasteiger partial charge in [0.15, 0.2) is 11.0 Å². The number of aromatic hydroxyl groups is 1. The monoisotopic (exact) mass is 446 g/mol. The summed E-state index contributed by atoms with van der Waals surface area (Å²) >= 11 is 7.17. The van der Waals surface area contributed by atoms with Crippen molar-refractivity contribution in [2.24, 2.45) is 0 Å². The summed E-state index contributed by atoms with van der Waals surface area (Å²) in [6, 6.07) is 10.5. The highest BCUT2D eigenvalue weighted by molar-refractivity contribution is 7.99. The van der Waals surface area contributed by atoms with Crippen molar-refractivity contribution in [3.8, 4) is 11.5 Å². The van der Waals surface area contributed by atoms with Gasteiger partial charge in [0.1, 0.15) is 18.1 Å². The predicted octanol–water partition coefficient (Wildman–Crippen LogP) is 4.58. The molecule has 0 aliphatic carbocycles. The molecule has 0 radical (unpaired) electrons. The molecule has 0 saturated carbocycles. The molecular formula is C21H23ClN4O3S. The van der Waals surface area contributed by atoms with Crippen molar-refractivity contribution in [2.45, 2.75) is 39.1 Å². The summed E-state index contributed by atoms with van der Waals surface area (Å²) in [5.74, 6) is 1.29. The van der Waals surface area contributed by atoms with E-state index in [0.29, 0.717) is 22.5 Å². The van der Waals surface area contributed by atoms with Crippen LogP contribution in [-0.2, 0) is 17.9 Å². The van der Waals surface area contributed by atoms with Crippen LogP contribution < -0.4 is 10.1 Å². The predicted molar refractivity (Wildman–Crippen MR) is 118 cm³/mol. The number of rotatable bonds is 8. The molecule has 30 heavy (non-hydrogen) atoms. The fourth-order valence-electron chi connectivity index (χ4n) is 2.78. The molecule has 7 nitrogen and oxygen atoms in total. The first-order chi connectivity index (χ1) is 14.4. The summed E-state index contributed by atoms with van der Waals surface area (Å²) in [6.07, 6.45) is 0. The molecule has 2 aromatic carbocycles. The number of benzene rings is 2. The van der Waals surface area contributed by atoms with Gasteiger partial charge in [0, 0.05) is 11.6 Å². The standard InChI is InChI=1S/C21H23ClN4O3S/c1-4-26-19(11-29-18-9-13(2)5-6-14(18)3)24-25-21(26)30-12-20(28)23-16-10-15(22)7-8-17(16)27/h5-10,27H,4,11-12H2,1-3H3,(H,23,28). The Morgan fingerprint density at radius 2 is 2.03 bits per heavy atom. The van der Waals surface area contributed by atoms with Gasteiger partial charge in [-0.05, 0) is 56.2 Å². The van der Waals surface area contributed by atoms with E-state index in [1.165, 1.54) is 23.9 Å². The lowest BCUT2D eigenvalue weighted by atomic mass is 10.1. The zero-order valence-corrected chi connectivity index (χ0v) is 18.5. The van der Waals surface area contributed by atoms with Crippen molar-refractivity contribution in [3.05, 3.63) is 58.4 Å². The first kappa shape index (κ1) is 22.0. The van der Waals surface area contributed by atoms with Crippen LogP contribution >= 0.6 is 23.4 Å². The maximum absolute atomic E-state index is 12.3. The van der Waals surface area contributed by atoms with Crippen LogP contribution in [0.25, 0.3) is 0 Å². The average Bonchev–Trinajstić information content (AvgIpc) is 3.11. The lowest BCUT2D eigenvalue weighted by molar-refractivity contribution is -0.113. The molecule has 0 spiro atoms. The highest BCUT2D eigenvalue weighted by Crippen LogP contribution is 2.27. The third-order valence-corrected chi connectivity index (χ3v) is 5.58. The van der Waals surface area contributed by atoms with Crippen LogP contribution in [0.3, 0.4) is 0 Å². The van der Waals surface area contributed by atoms with E-state index in [-0.39, 0.29) is 29.7 Å². The summed E-state index contributed by atoms with van der Waals surface area (Å²) in [5, 5.41) is 21.9. The van der Waals surface area contributed by atoms with E-state index < -0.39 is 0 Å². The number of carbonyl (C=O) groups excluding carboxylic acids is 1. The number of aromatic nitrogens is 3. The number of thioether (sulfide) groups is 1. The SMILES string of the molecule is CCn1c(COc2cc(C)ccc2C)nnc1SCC(=O)Nc1cc(Cl)ccc1O. The number of hydrogen-bond acceptors (Lipinski definition) is 6. The summed E-state index contributed by atoms with van der Waals surface area (Å²) in [6.45, 7) is 6.94. The van der Waals surface area contributed by atoms with E-state index in [0.717, 1.165) is 16.9 Å². The number of aryl methyl sites for hydroxylation is 2. The Morgan fingerprint density at radius 3 is 2.80 bits per heavy atom. The molecule has 3 aromatic rings. The van der Waals surface area contributed by atoms with Gasteiger partial charge >= 0.3 is 0 Å². The number of amides is 1. The Morgan fingerprint density at radius 1 is 1.23 bits per heavy atom. The lowest BCUT2D eigenvalue weighted by Crippen LogP contribution is -2.15. The average molecular weight is 447 g/mol. The zero-order chi connectivity index (χ0) is 21.7. The van der Waals surface area contributed by atoms with Gasteiger partial charge in [-0.25, -0.2) is 0 Å². The molecule has 0 atom stereocenters. The Bertz CT molecular complexity index is 1050. The fraction of sp³-hybridized carbons (Fsp3) is 0.286. The molecule has 1 aromatic heterocycles. The number of phenolic OH excluding ortho intramolecular Hbond substituents is 1. The Labute approximate surface area is 184 Å². The minimum atomic E-state index is -0.281. The largest absolute Gasteiger partial charge is 0.506 e. The number of nitrogens with zero attached hydrogens (tertiary/aromatic N) is 3. The van der Waals surface area contributed by atoms with Crippen molar-refractivity contribution in [2.75, 3.05) is 11.1 Å². The second kappa shape index (κ2) is 9.86. The van der Waals surface area contributed by atoms with E-state index in [1.54, 1.807) is 6.07 Å². The summed E-state index contributed by atoms with van der Waals surface area (Å²) in [5.41, 5.74) is 2.45. The Balaban J connectivity index is 1.61. The third-order valence-electron chi connectivity index (χ3n) is 4.38. The Hall–Kier alpha value is -2.71. The fourth-order valence-corrected chi connectivity index (χ4v) is 3.77. The normalized spacial score (nSPS) is 10.8. The summed E-state index contributed by atoms with van der Waals surface area (Å²) < 4.78 is 7.85. The van der Waals surface area contributed by atoms with E-state index in [1.807, 2.05) is 43.5 Å². The van der Waals surface area contributed by atoms with Gasteiger partial charge in [0.05, 0.1) is 11.4 Å². The highest BCUT2D eigenvalue weighted by Gasteiger charge is 2.15. The van der Waals surface area contributed by atoms with Crippen molar-refractivity contribution in [3.63, 3.8) is 0 Å². The molecule has 1 amide bonds. The maximum Gasteiger partial charge on any atom is 0.234 e.